The molecule has 152 valence electrons. The predicted molar refractivity (Wildman–Crippen MR) is 104 cm³/mol. The average molecular weight is 479 g/mol. The minimum atomic E-state index is -4.62. The van der Waals surface area contributed by atoms with Gasteiger partial charge in [0.15, 0.2) is 0 Å². The molecular formula is C18H18BrF3N2O3S. The third-order valence-corrected chi connectivity index (χ3v) is 6.74. The first-order valence-electron chi connectivity index (χ1n) is 8.38. The van der Waals surface area contributed by atoms with Crippen LogP contribution in [0.5, 0.6) is 0 Å². The molecule has 1 aliphatic rings. The molecule has 0 saturated carbocycles. The van der Waals surface area contributed by atoms with E-state index in [4.69, 9.17) is 4.74 Å². The fourth-order valence-corrected chi connectivity index (χ4v) is 4.92. The number of rotatable bonds is 5. The van der Waals surface area contributed by atoms with Gasteiger partial charge >= 0.3 is 6.18 Å². The van der Waals surface area contributed by atoms with Gasteiger partial charge in [-0.3, -0.25) is 4.31 Å². The largest absolute Gasteiger partial charge is 0.416 e. The van der Waals surface area contributed by atoms with Gasteiger partial charge in [-0.15, -0.1) is 0 Å². The summed E-state index contributed by atoms with van der Waals surface area (Å²) in [6.45, 7) is 1.56. The number of ether oxygens (including phenoxy) is 1. The van der Waals surface area contributed by atoms with Gasteiger partial charge in [0.2, 0.25) is 0 Å². The van der Waals surface area contributed by atoms with E-state index in [9.17, 15) is 21.6 Å². The summed E-state index contributed by atoms with van der Waals surface area (Å²) in [6, 6.07) is 9.03. The van der Waals surface area contributed by atoms with Gasteiger partial charge in [0.25, 0.3) is 10.0 Å². The van der Waals surface area contributed by atoms with Gasteiger partial charge in [-0.1, -0.05) is 22.0 Å². The average Bonchev–Trinajstić information content (AvgIpc) is 2.65. The van der Waals surface area contributed by atoms with Crippen LogP contribution >= 0.6 is 15.9 Å². The molecule has 5 nitrogen and oxygen atoms in total. The van der Waals surface area contributed by atoms with Crippen LogP contribution in [-0.2, 0) is 20.9 Å². The van der Waals surface area contributed by atoms with Crippen LogP contribution < -0.4 is 9.21 Å². The zero-order chi connectivity index (χ0) is 20.5. The van der Waals surface area contributed by atoms with Crippen LogP contribution in [0.3, 0.4) is 0 Å². The molecule has 0 bridgehead atoms. The third-order valence-electron chi connectivity index (χ3n) is 4.43. The van der Waals surface area contributed by atoms with E-state index < -0.39 is 26.7 Å². The molecule has 0 aliphatic carbocycles. The van der Waals surface area contributed by atoms with Crippen LogP contribution in [0.15, 0.2) is 51.8 Å². The molecule has 0 atom stereocenters. The fraction of sp³-hybridized carbons (Fsp3) is 0.333. The highest BCUT2D eigenvalue weighted by atomic mass is 79.9. The second-order valence-corrected chi connectivity index (χ2v) is 8.99. The van der Waals surface area contributed by atoms with Gasteiger partial charge in [-0.2, -0.15) is 13.2 Å². The molecule has 3 rings (SSSR count). The maximum atomic E-state index is 13.2. The minimum absolute atomic E-state index is 0.117. The van der Waals surface area contributed by atoms with E-state index in [-0.39, 0.29) is 6.54 Å². The predicted octanol–water partition coefficient (Wildman–Crippen LogP) is 4.13. The van der Waals surface area contributed by atoms with E-state index in [0.717, 1.165) is 16.4 Å². The Bertz CT molecular complexity index is 967. The third kappa shape index (κ3) is 4.13. The van der Waals surface area contributed by atoms with Crippen molar-refractivity contribution >= 4 is 37.3 Å². The van der Waals surface area contributed by atoms with Crippen molar-refractivity contribution in [3.8, 4) is 0 Å². The van der Waals surface area contributed by atoms with Gasteiger partial charge < -0.3 is 9.64 Å². The zero-order valence-electron chi connectivity index (χ0n) is 14.9. The smallest absolute Gasteiger partial charge is 0.383 e. The summed E-state index contributed by atoms with van der Waals surface area (Å²) in [5.74, 6) is 0. The molecule has 1 heterocycles. The quantitative estimate of drug-likeness (QED) is 0.648. The second-order valence-electron chi connectivity index (χ2n) is 6.22. The van der Waals surface area contributed by atoms with Crippen molar-refractivity contribution in [2.75, 3.05) is 42.6 Å². The molecule has 0 N–H and O–H groups in total. The Morgan fingerprint density at radius 2 is 1.86 bits per heavy atom. The van der Waals surface area contributed by atoms with E-state index in [1.54, 1.807) is 25.3 Å². The highest BCUT2D eigenvalue weighted by Gasteiger charge is 2.35. The Kier molecular flexibility index (Phi) is 5.92. The summed E-state index contributed by atoms with van der Waals surface area (Å²) >= 11 is 3.34. The van der Waals surface area contributed by atoms with Crippen LogP contribution in [-0.4, -0.2) is 41.8 Å². The number of hydrogen-bond acceptors (Lipinski definition) is 4. The number of nitrogens with zero attached hydrogens (tertiary/aromatic N) is 2. The summed E-state index contributed by atoms with van der Waals surface area (Å²) in [5.41, 5.74) is 0.0953. The molecule has 0 radical (unpaired) electrons. The number of methoxy groups -OCH3 is 1. The van der Waals surface area contributed by atoms with Crippen molar-refractivity contribution < 1.29 is 26.3 Å². The molecule has 1 aliphatic heterocycles. The van der Waals surface area contributed by atoms with Crippen LogP contribution in [0.2, 0.25) is 0 Å². The molecule has 28 heavy (non-hydrogen) atoms. The van der Waals surface area contributed by atoms with Crippen molar-refractivity contribution in [2.24, 2.45) is 0 Å². The number of hydrogen-bond donors (Lipinski definition) is 0. The van der Waals surface area contributed by atoms with E-state index >= 15 is 0 Å². The van der Waals surface area contributed by atoms with Gasteiger partial charge in [0.1, 0.15) is 0 Å². The lowest BCUT2D eigenvalue weighted by molar-refractivity contribution is -0.137. The number of fused-ring (bicyclic) bond motifs is 1. The lowest BCUT2D eigenvalue weighted by Crippen LogP contribution is -2.45. The van der Waals surface area contributed by atoms with Gasteiger partial charge in [-0.05, 0) is 36.4 Å². The Balaban J connectivity index is 2.04. The summed E-state index contributed by atoms with van der Waals surface area (Å²) in [6.07, 6.45) is -4.62. The molecular weight excluding hydrogens is 461 g/mol. The number of anilines is 2. The zero-order valence-corrected chi connectivity index (χ0v) is 17.3. The maximum Gasteiger partial charge on any atom is 0.416 e. The van der Waals surface area contributed by atoms with Crippen LogP contribution in [0.1, 0.15) is 5.56 Å². The normalized spacial score (nSPS) is 14.9. The van der Waals surface area contributed by atoms with Crippen molar-refractivity contribution in [2.45, 2.75) is 11.1 Å². The Hall–Kier alpha value is -1.78. The summed E-state index contributed by atoms with van der Waals surface area (Å²) < 4.78 is 72.3. The van der Waals surface area contributed by atoms with Crippen molar-refractivity contribution in [3.05, 3.63) is 52.5 Å². The van der Waals surface area contributed by atoms with E-state index in [0.29, 0.717) is 41.6 Å². The lowest BCUT2D eigenvalue weighted by Gasteiger charge is -2.38. The minimum Gasteiger partial charge on any atom is -0.383 e. The van der Waals surface area contributed by atoms with Crippen LogP contribution in [0, 0.1) is 0 Å². The Morgan fingerprint density at radius 3 is 2.54 bits per heavy atom. The first kappa shape index (κ1) is 20.9. The van der Waals surface area contributed by atoms with E-state index in [1.807, 2.05) is 4.90 Å². The Labute approximate surface area is 169 Å². The first-order valence-corrected chi connectivity index (χ1v) is 10.6. The fourth-order valence-electron chi connectivity index (χ4n) is 3.06. The topological polar surface area (TPSA) is 49.9 Å². The van der Waals surface area contributed by atoms with Crippen molar-refractivity contribution in [1.82, 2.24) is 0 Å². The molecule has 0 saturated heterocycles. The van der Waals surface area contributed by atoms with Gasteiger partial charge in [-0.25, -0.2) is 8.42 Å². The molecule has 0 unspecified atom stereocenters. The number of benzene rings is 2. The molecule has 2 aromatic rings. The SMILES string of the molecule is COCCN1CCN(S(=O)(=O)c2cccc(C(F)(F)F)c2)c2cc(Br)ccc21. The second kappa shape index (κ2) is 7.92. The monoisotopic (exact) mass is 478 g/mol. The summed E-state index contributed by atoms with van der Waals surface area (Å²) in [4.78, 5) is 1.60. The Morgan fingerprint density at radius 1 is 1.11 bits per heavy atom. The molecule has 10 heteroatoms. The van der Waals surface area contributed by atoms with Gasteiger partial charge in [0.05, 0.1) is 35.0 Å². The molecule has 0 amide bonds. The number of halogens is 4. The molecule has 0 spiro atoms. The summed E-state index contributed by atoms with van der Waals surface area (Å²) in [5, 5.41) is 0. The highest BCUT2D eigenvalue weighted by molar-refractivity contribution is 9.10. The van der Waals surface area contributed by atoms with Gasteiger partial charge in [0, 0.05) is 24.7 Å². The first-order chi connectivity index (χ1) is 13.1. The standard InChI is InChI=1S/C18H18BrF3N2O3S/c1-27-10-9-23-7-8-24(17-12-14(19)5-6-16(17)23)28(25,26)15-4-2-3-13(11-15)18(20,21)22/h2-6,11-12H,7-10H2,1H3. The van der Waals surface area contributed by atoms with Crippen LogP contribution in [0.4, 0.5) is 24.5 Å². The lowest BCUT2D eigenvalue weighted by atomic mass is 10.2. The number of sulfonamides is 1. The summed E-state index contributed by atoms with van der Waals surface area (Å²) in [7, 11) is -2.58. The van der Waals surface area contributed by atoms with E-state index in [1.165, 1.54) is 6.07 Å². The van der Waals surface area contributed by atoms with Crippen LogP contribution in [0.25, 0.3) is 0 Å². The molecule has 0 aromatic heterocycles. The van der Waals surface area contributed by atoms with Crippen molar-refractivity contribution in [1.29, 1.82) is 0 Å². The maximum absolute atomic E-state index is 13.2. The highest BCUT2D eigenvalue weighted by Crippen LogP contribution is 2.39. The molecule has 2 aromatic carbocycles. The van der Waals surface area contributed by atoms with Crippen molar-refractivity contribution in [3.63, 3.8) is 0 Å². The van der Waals surface area contributed by atoms with E-state index in [2.05, 4.69) is 15.9 Å². The number of alkyl halides is 3. The molecule has 0 fully saturated rings.